The topological polar surface area (TPSA) is 154 Å². The molecule has 33 heavy (non-hydrogen) atoms. The molecule has 0 bridgehead atoms. The Bertz CT molecular complexity index is 1170. The summed E-state index contributed by atoms with van der Waals surface area (Å²) in [5.41, 5.74) is 8.13. The van der Waals surface area contributed by atoms with Crippen LogP contribution in [0, 0.1) is 0 Å². The van der Waals surface area contributed by atoms with Crippen molar-refractivity contribution in [3.05, 3.63) is 48.2 Å². The summed E-state index contributed by atoms with van der Waals surface area (Å²) in [6.45, 7) is 4.60. The minimum absolute atomic E-state index is 0.134. The molecule has 2 aromatic carbocycles. The molecular weight excluding hydrogens is 426 g/mol. The van der Waals surface area contributed by atoms with Gasteiger partial charge in [0.25, 0.3) is 5.91 Å². The molecule has 1 saturated heterocycles. The van der Waals surface area contributed by atoms with E-state index in [0.29, 0.717) is 35.5 Å². The zero-order chi connectivity index (χ0) is 23.4. The van der Waals surface area contributed by atoms with Crippen molar-refractivity contribution in [3.8, 4) is 0 Å². The van der Waals surface area contributed by atoms with Gasteiger partial charge in [-0.2, -0.15) is 5.10 Å². The molecule has 0 unspecified atom stereocenters. The predicted molar refractivity (Wildman–Crippen MR) is 124 cm³/mol. The van der Waals surface area contributed by atoms with E-state index in [1.54, 1.807) is 18.2 Å². The Balaban J connectivity index is 1.38. The molecule has 11 heteroatoms. The van der Waals surface area contributed by atoms with Gasteiger partial charge in [-0.05, 0) is 49.4 Å². The van der Waals surface area contributed by atoms with Gasteiger partial charge in [0.2, 0.25) is 5.91 Å². The van der Waals surface area contributed by atoms with Gasteiger partial charge in [0.1, 0.15) is 6.04 Å². The molecular formula is C22H25N7O4. The van der Waals surface area contributed by atoms with Crippen LogP contribution in [-0.4, -0.2) is 60.4 Å². The number of amides is 4. The third-order valence-corrected chi connectivity index (χ3v) is 5.31. The van der Waals surface area contributed by atoms with Crippen molar-refractivity contribution in [3.63, 3.8) is 0 Å². The molecule has 2 heterocycles. The molecule has 0 saturated carbocycles. The lowest BCUT2D eigenvalue weighted by Gasteiger charge is -2.28. The molecule has 0 spiro atoms. The van der Waals surface area contributed by atoms with Crippen LogP contribution in [0.1, 0.15) is 17.4 Å². The van der Waals surface area contributed by atoms with E-state index < -0.39 is 23.9 Å². The van der Waals surface area contributed by atoms with E-state index in [1.165, 1.54) is 6.92 Å². The second-order valence-corrected chi connectivity index (χ2v) is 7.66. The van der Waals surface area contributed by atoms with Gasteiger partial charge in [-0.3, -0.25) is 14.7 Å². The van der Waals surface area contributed by atoms with E-state index in [0.717, 1.165) is 18.8 Å². The number of aromatic nitrogens is 2. The minimum Gasteiger partial charge on any atom is -0.378 e. The first kappa shape index (κ1) is 22.1. The second kappa shape index (κ2) is 9.57. The van der Waals surface area contributed by atoms with Crippen LogP contribution >= 0.6 is 0 Å². The summed E-state index contributed by atoms with van der Waals surface area (Å²) in [5, 5.41) is 15.4. The van der Waals surface area contributed by atoms with Gasteiger partial charge in [0, 0.05) is 35.5 Å². The Labute approximate surface area is 189 Å². The average Bonchev–Trinajstić information content (AvgIpc) is 3.23. The van der Waals surface area contributed by atoms with Crippen molar-refractivity contribution in [2.24, 2.45) is 5.73 Å². The second-order valence-electron chi connectivity index (χ2n) is 7.66. The fourth-order valence-electron chi connectivity index (χ4n) is 3.48. The number of primary amides is 1. The SMILES string of the molecule is C[C@H](NC(=O)c1n[nH]c2cc(NC(=O)Nc3ccc(N4CCOCC4)cc3)ccc12)C(N)=O. The highest BCUT2D eigenvalue weighted by Gasteiger charge is 2.19. The molecule has 1 aromatic heterocycles. The van der Waals surface area contributed by atoms with E-state index in [-0.39, 0.29) is 5.69 Å². The highest BCUT2D eigenvalue weighted by molar-refractivity contribution is 6.07. The van der Waals surface area contributed by atoms with Gasteiger partial charge in [-0.1, -0.05) is 0 Å². The first-order chi connectivity index (χ1) is 15.9. The Hall–Kier alpha value is -4.12. The highest BCUT2D eigenvalue weighted by Crippen LogP contribution is 2.22. The number of carbonyl (C=O) groups excluding carboxylic acids is 3. The molecule has 1 aliphatic heterocycles. The van der Waals surface area contributed by atoms with E-state index in [2.05, 4.69) is 31.0 Å². The number of anilines is 3. The third kappa shape index (κ3) is 5.21. The molecule has 1 aliphatic rings. The maximum absolute atomic E-state index is 12.4. The molecule has 0 radical (unpaired) electrons. The summed E-state index contributed by atoms with van der Waals surface area (Å²) in [6, 6.07) is 11.4. The van der Waals surface area contributed by atoms with E-state index in [9.17, 15) is 14.4 Å². The van der Waals surface area contributed by atoms with Crippen molar-refractivity contribution < 1.29 is 19.1 Å². The van der Waals surface area contributed by atoms with Gasteiger partial charge in [-0.25, -0.2) is 4.79 Å². The first-order valence-corrected chi connectivity index (χ1v) is 10.5. The van der Waals surface area contributed by atoms with Crippen LogP contribution in [-0.2, 0) is 9.53 Å². The number of urea groups is 1. The first-order valence-electron chi connectivity index (χ1n) is 10.5. The molecule has 3 aromatic rings. The molecule has 1 fully saturated rings. The molecule has 172 valence electrons. The number of aromatic amines is 1. The Morgan fingerprint density at radius 2 is 1.73 bits per heavy atom. The number of ether oxygens (including phenoxy) is 1. The maximum atomic E-state index is 12.4. The normalized spacial score (nSPS) is 14.5. The van der Waals surface area contributed by atoms with E-state index in [4.69, 9.17) is 10.5 Å². The van der Waals surface area contributed by atoms with Crippen LogP contribution in [0.15, 0.2) is 42.5 Å². The average molecular weight is 451 g/mol. The number of hydrogen-bond acceptors (Lipinski definition) is 6. The summed E-state index contributed by atoms with van der Waals surface area (Å²) < 4.78 is 5.37. The van der Waals surface area contributed by atoms with Crippen molar-refractivity contribution >= 4 is 45.8 Å². The number of morpholine rings is 1. The van der Waals surface area contributed by atoms with Gasteiger partial charge < -0.3 is 31.3 Å². The van der Waals surface area contributed by atoms with Crippen molar-refractivity contribution in [1.82, 2.24) is 15.5 Å². The molecule has 0 aliphatic carbocycles. The lowest BCUT2D eigenvalue weighted by molar-refractivity contribution is -0.119. The fourth-order valence-corrected chi connectivity index (χ4v) is 3.48. The van der Waals surface area contributed by atoms with Crippen LogP contribution in [0.4, 0.5) is 21.9 Å². The maximum Gasteiger partial charge on any atom is 0.323 e. The number of H-pyrrole nitrogens is 1. The van der Waals surface area contributed by atoms with Gasteiger partial charge in [-0.15, -0.1) is 0 Å². The van der Waals surface area contributed by atoms with Crippen LogP contribution in [0.25, 0.3) is 10.9 Å². The summed E-state index contributed by atoms with van der Waals surface area (Å²) in [5.74, 6) is -1.16. The van der Waals surface area contributed by atoms with Crippen molar-refractivity contribution in [1.29, 1.82) is 0 Å². The minimum atomic E-state index is -0.822. The molecule has 6 N–H and O–H groups in total. The van der Waals surface area contributed by atoms with Crippen molar-refractivity contribution in [2.75, 3.05) is 41.8 Å². The fraction of sp³-hybridized carbons (Fsp3) is 0.273. The molecule has 4 rings (SSSR count). The van der Waals surface area contributed by atoms with Crippen LogP contribution < -0.4 is 26.6 Å². The summed E-state index contributed by atoms with van der Waals surface area (Å²) >= 11 is 0. The predicted octanol–water partition coefficient (Wildman–Crippen LogP) is 1.65. The number of nitrogens with two attached hydrogens (primary N) is 1. The van der Waals surface area contributed by atoms with Crippen LogP contribution in [0.3, 0.4) is 0 Å². The van der Waals surface area contributed by atoms with E-state index in [1.807, 2.05) is 24.3 Å². The monoisotopic (exact) mass is 451 g/mol. The highest BCUT2D eigenvalue weighted by atomic mass is 16.5. The van der Waals surface area contributed by atoms with Gasteiger partial charge >= 0.3 is 6.03 Å². The number of carbonyl (C=O) groups is 3. The van der Waals surface area contributed by atoms with Crippen LogP contribution in [0.5, 0.6) is 0 Å². The lowest BCUT2D eigenvalue weighted by atomic mass is 10.1. The zero-order valence-corrected chi connectivity index (χ0v) is 18.1. The largest absolute Gasteiger partial charge is 0.378 e. The summed E-state index contributed by atoms with van der Waals surface area (Å²) in [4.78, 5) is 38.1. The number of benzene rings is 2. The smallest absolute Gasteiger partial charge is 0.323 e. The van der Waals surface area contributed by atoms with Gasteiger partial charge in [0.05, 0.1) is 18.7 Å². The zero-order valence-electron chi connectivity index (χ0n) is 18.1. The number of nitrogens with one attached hydrogen (secondary N) is 4. The quantitative estimate of drug-likeness (QED) is 0.384. The number of fused-ring (bicyclic) bond motifs is 1. The molecule has 4 amide bonds. The third-order valence-electron chi connectivity index (χ3n) is 5.31. The standard InChI is InChI=1S/C22H25N7O4/c1-13(20(23)30)24-21(31)19-17-7-4-15(12-18(17)27-28-19)26-22(32)25-14-2-5-16(6-3-14)29-8-10-33-11-9-29/h2-7,12-13H,8-11H2,1H3,(H2,23,30)(H,24,31)(H,27,28)(H2,25,26,32)/t13-/m0/s1. The number of rotatable bonds is 6. The summed E-state index contributed by atoms with van der Waals surface area (Å²) in [7, 11) is 0. The molecule has 11 nitrogen and oxygen atoms in total. The van der Waals surface area contributed by atoms with E-state index >= 15 is 0 Å². The number of nitrogens with zero attached hydrogens (tertiary/aromatic N) is 2. The Morgan fingerprint density at radius 1 is 1.06 bits per heavy atom. The van der Waals surface area contributed by atoms with Gasteiger partial charge in [0.15, 0.2) is 5.69 Å². The summed E-state index contributed by atoms with van der Waals surface area (Å²) in [6.07, 6.45) is 0. The molecule has 1 atom stereocenters. The number of hydrogen-bond donors (Lipinski definition) is 5. The van der Waals surface area contributed by atoms with Crippen molar-refractivity contribution in [2.45, 2.75) is 13.0 Å². The Kier molecular flexibility index (Phi) is 6.41. The Morgan fingerprint density at radius 3 is 2.42 bits per heavy atom. The lowest BCUT2D eigenvalue weighted by Crippen LogP contribution is -2.42. The van der Waals surface area contributed by atoms with Crippen LogP contribution in [0.2, 0.25) is 0 Å².